The van der Waals surface area contributed by atoms with E-state index >= 15 is 0 Å². The number of alkyl halides is 1. The quantitative estimate of drug-likeness (QED) is 0.546. The molecule has 0 aromatic rings. The van der Waals surface area contributed by atoms with Crippen molar-refractivity contribution in [3.63, 3.8) is 0 Å². The Kier molecular flexibility index (Phi) is 4.74. The number of hydrogen-bond acceptors (Lipinski definition) is 5. The zero-order chi connectivity index (χ0) is 19.2. The summed E-state index contributed by atoms with van der Waals surface area (Å²) in [5.41, 5.74) is 0.118. The molecular formula is C17H21FN2O6. The molecule has 142 valence electrons. The second-order valence-electron chi connectivity index (χ2n) is 6.79. The number of carboxylic acids is 1. The number of aliphatic carboxylic acids is 1. The van der Waals surface area contributed by atoms with Crippen molar-refractivity contribution in [2.75, 3.05) is 13.2 Å². The van der Waals surface area contributed by atoms with Crippen molar-refractivity contribution in [3.05, 3.63) is 23.9 Å². The molecule has 2 saturated heterocycles. The molecule has 8 nitrogen and oxygen atoms in total. The molecule has 3 aliphatic heterocycles. The average Bonchev–Trinajstić information content (AvgIpc) is 3.10. The van der Waals surface area contributed by atoms with E-state index in [2.05, 4.69) is 6.58 Å². The number of ether oxygens (including phenoxy) is 1. The molecule has 3 rings (SSSR count). The molecule has 0 radical (unpaired) electrons. The van der Waals surface area contributed by atoms with Gasteiger partial charge in [-0.05, 0) is 18.9 Å². The molecule has 0 aromatic carbocycles. The lowest BCUT2D eigenvalue weighted by atomic mass is 9.82. The summed E-state index contributed by atoms with van der Waals surface area (Å²) in [6.45, 7) is 4.68. The van der Waals surface area contributed by atoms with Crippen LogP contribution in [0.5, 0.6) is 0 Å². The molecule has 1 unspecified atom stereocenters. The largest absolute Gasteiger partial charge is 0.477 e. The van der Waals surface area contributed by atoms with Crippen LogP contribution < -0.4 is 0 Å². The van der Waals surface area contributed by atoms with Gasteiger partial charge in [-0.3, -0.25) is 9.69 Å². The summed E-state index contributed by atoms with van der Waals surface area (Å²) < 4.78 is 19.0. The second-order valence-corrected chi connectivity index (χ2v) is 6.79. The summed E-state index contributed by atoms with van der Waals surface area (Å²) in [7, 11) is 0. The third kappa shape index (κ3) is 2.76. The third-order valence-corrected chi connectivity index (χ3v) is 5.18. The molecule has 0 saturated carbocycles. The van der Waals surface area contributed by atoms with Crippen molar-refractivity contribution in [2.24, 2.45) is 5.92 Å². The van der Waals surface area contributed by atoms with Crippen LogP contribution in [0.4, 0.5) is 9.18 Å². The minimum atomic E-state index is -1.31. The Bertz CT molecular complexity index is 691. The number of rotatable bonds is 5. The first-order valence-corrected chi connectivity index (χ1v) is 8.43. The van der Waals surface area contributed by atoms with Gasteiger partial charge in [0.15, 0.2) is 0 Å². The van der Waals surface area contributed by atoms with E-state index in [1.54, 1.807) is 0 Å². The Hall–Kier alpha value is -2.42. The van der Waals surface area contributed by atoms with Crippen LogP contribution in [0.3, 0.4) is 0 Å². The first-order valence-electron chi connectivity index (χ1n) is 8.43. The number of carboxylic acid groups (broad SMARTS) is 1. The van der Waals surface area contributed by atoms with Crippen molar-refractivity contribution < 1.29 is 33.7 Å². The van der Waals surface area contributed by atoms with Gasteiger partial charge in [0.1, 0.15) is 18.5 Å². The molecule has 26 heavy (non-hydrogen) atoms. The SMILES string of the molecule is C=CCOC(=O)N1CC(F)C[C@H]1C1=C(C(=O)O)N2C(=O)[C@H]([C@@H](C)O)[C@H]2C1. The monoisotopic (exact) mass is 368 g/mol. The van der Waals surface area contributed by atoms with E-state index < -0.39 is 48.2 Å². The highest BCUT2D eigenvalue weighted by atomic mass is 19.1. The van der Waals surface area contributed by atoms with Gasteiger partial charge < -0.3 is 19.8 Å². The van der Waals surface area contributed by atoms with E-state index in [9.17, 15) is 29.0 Å². The van der Waals surface area contributed by atoms with Crippen LogP contribution in [-0.2, 0) is 14.3 Å². The van der Waals surface area contributed by atoms with E-state index in [0.717, 1.165) is 4.90 Å². The number of likely N-dealkylation sites (tertiary alicyclic amines) is 1. The van der Waals surface area contributed by atoms with Gasteiger partial charge in [-0.15, -0.1) is 0 Å². The molecule has 0 aliphatic carbocycles. The molecule has 3 heterocycles. The van der Waals surface area contributed by atoms with Crippen molar-refractivity contribution in [1.29, 1.82) is 0 Å². The Balaban J connectivity index is 1.91. The van der Waals surface area contributed by atoms with Gasteiger partial charge in [0.05, 0.1) is 30.7 Å². The van der Waals surface area contributed by atoms with Gasteiger partial charge in [0.2, 0.25) is 5.91 Å². The number of aliphatic hydroxyl groups is 1. The summed E-state index contributed by atoms with van der Waals surface area (Å²) in [6.07, 6.45) is -1.46. The van der Waals surface area contributed by atoms with Gasteiger partial charge in [-0.2, -0.15) is 0 Å². The summed E-state index contributed by atoms with van der Waals surface area (Å²) in [4.78, 5) is 38.5. The Labute approximate surface area is 149 Å². The standard InChI is InChI=1S/C17H21FN2O6/c1-3-4-26-17(25)19-7-9(18)5-11(19)10-6-12-13(8(2)21)15(22)20(12)14(10)16(23)24/h3,8-9,11-13,21H,1,4-7H2,2H3,(H,23,24)/t8-,9?,11+,12-,13-/m1/s1. The molecule has 5 atom stereocenters. The smallest absolute Gasteiger partial charge is 0.410 e. The van der Waals surface area contributed by atoms with Crippen molar-refractivity contribution in [2.45, 2.75) is 44.1 Å². The summed E-state index contributed by atoms with van der Waals surface area (Å²) in [6, 6.07) is -1.27. The molecule has 0 spiro atoms. The minimum absolute atomic E-state index is 0.0405. The van der Waals surface area contributed by atoms with E-state index in [0.29, 0.717) is 5.57 Å². The highest BCUT2D eigenvalue weighted by molar-refractivity contribution is 6.00. The fraction of sp³-hybridized carbons (Fsp3) is 0.588. The average molecular weight is 368 g/mol. The van der Waals surface area contributed by atoms with E-state index in [1.807, 2.05) is 0 Å². The first kappa shape index (κ1) is 18.4. The van der Waals surface area contributed by atoms with Gasteiger partial charge in [-0.1, -0.05) is 12.7 Å². The number of carbonyl (C=O) groups is 3. The second kappa shape index (κ2) is 6.71. The zero-order valence-corrected chi connectivity index (χ0v) is 14.3. The van der Waals surface area contributed by atoms with Crippen LogP contribution in [0.25, 0.3) is 0 Å². The minimum Gasteiger partial charge on any atom is -0.477 e. The summed E-state index contributed by atoms with van der Waals surface area (Å²) in [5, 5.41) is 19.4. The van der Waals surface area contributed by atoms with E-state index in [-0.39, 0.29) is 31.7 Å². The van der Waals surface area contributed by atoms with E-state index in [4.69, 9.17) is 4.74 Å². The molecule has 2 fully saturated rings. The normalized spacial score (nSPS) is 31.6. The maximum atomic E-state index is 14.0. The number of hydrogen-bond donors (Lipinski definition) is 2. The molecule has 9 heteroatoms. The van der Waals surface area contributed by atoms with Gasteiger partial charge in [0, 0.05) is 6.42 Å². The van der Waals surface area contributed by atoms with Crippen molar-refractivity contribution >= 4 is 18.0 Å². The van der Waals surface area contributed by atoms with Crippen molar-refractivity contribution in [3.8, 4) is 0 Å². The fourth-order valence-corrected chi connectivity index (χ4v) is 4.13. The molecule has 2 amide bonds. The predicted octanol–water partition coefficient (Wildman–Crippen LogP) is 0.672. The fourth-order valence-electron chi connectivity index (χ4n) is 4.13. The number of amides is 2. The van der Waals surface area contributed by atoms with Crippen LogP contribution in [0, 0.1) is 5.92 Å². The summed E-state index contributed by atoms with van der Waals surface area (Å²) in [5.74, 6) is -2.46. The topological polar surface area (TPSA) is 107 Å². The summed E-state index contributed by atoms with van der Waals surface area (Å²) >= 11 is 0. The lowest BCUT2D eigenvalue weighted by Gasteiger charge is -2.44. The maximum absolute atomic E-state index is 14.0. The van der Waals surface area contributed by atoms with Crippen LogP contribution in [0.2, 0.25) is 0 Å². The molecule has 0 aromatic heterocycles. The van der Waals surface area contributed by atoms with Crippen LogP contribution in [0.1, 0.15) is 19.8 Å². The molecule has 3 aliphatic rings. The van der Waals surface area contributed by atoms with Crippen LogP contribution in [0.15, 0.2) is 23.9 Å². The lowest BCUT2D eigenvalue weighted by molar-refractivity contribution is -0.161. The van der Waals surface area contributed by atoms with Crippen LogP contribution in [-0.4, -0.2) is 75.5 Å². The predicted molar refractivity (Wildman–Crippen MR) is 86.6 cm³/mol. The lowest BCUT2D eigenvalue weighted by Crippen LogP contribution is -2.61. The van der Waals surface area contributed by atoms with Gasteiger partial charge in [0.25, 0.3) is 0 Å². The van der Waals surface area contributed by atoms with E-state index in [1.165, 1.54) is 17.9 Å². The Morgan fingerprint density at radius 3 is 2.77 bits per heavy atom. The number of carbonyl (C=O) groups excluding carboxylic acids is 2. The molecular weight excluding hydrogens is 347 g/mol. The third-order valence-electron chi connectivity index (χ3n) is 5.18. The highest BCUT2D eigenvalue weighted by Gasteiger charge is 2.58. The molecule has 0 bridgehead atoms. The number of halogens is 1. The number of aliphatic hydroxyl groups excluding tert-OH is 1. The van der Waals surface area contributed by atoms with Crippen molar-refractivity contribution in [1.82, 2.24) is 9.80 Å². The first-order chi connectivity index (χ1) is 12.3. The number of β-lactam (4-membered cyclic amide) rings is 1. The Morgan fingerprint density at radius 2 is 2.19 bits per heavy atom. The Morgan fingerprint density at radius 1 is 1.50 bits per heavy atom. The number of nitrogens with zero attached hydrogens (tertiary/aromatic N) is 2. The van der Waals surface area contributed by atoms with Gasteiger partial charge >= 0.3 is 12.1 Å². The maximum Gasteiger partial charge on any atom is 0.410 e. The van der Waals surface area contributed by atoms with Gasteiger partial charge in [-0.25, -0.2) is 14.0 Å². The number of fused-ring (bicyclic) bond motifs is 1. The van der Waals surface area contributed by atoms with Crippen LogP contribution >= 0.6 is 0 Å². The zero-order valence-electron chi connectivity index (χ0n) is 14.3. The molecule has 2 N–H and O–H groups in total. The highest BCUT2D eigenvalue weighted by Crippen LogP contribution is 2.46.